The molecule has 0 spiro atoms. The monoisotopic (exact) mass is 397 g/mol. The van der Waals surface area contributed by atoms with Crippen LogP contribution < -0.4 is 10.1 Å². The van der Waals surface area contributed by atoms with E-state index in [1.54, 1.807) is 6.07 Å². The number of rotatable bonds is 9. The van der Waals surface area contributed by atoms with Gasteiger partial charge in [0.1, 0.15) is 5.75 Å². The van der Waals surface area contributed by atoms with E-state index in [1.165, 1.54) is 24.6 Å². The first-order chi connectivity index (χ1) is 9.63. The van der Waals surface area contributed by atoms with E-state index in [4.69, 9.17) is 0 Å². The lowest BCUT2D eigenvalue weighted by atomic mass is 10.2. The van der Waals surface area contributed by atoms with Gasteiger partial charge in [-0.1, -0.05) is 41.5 Å². The Kier molecular flexibility index (Phi) is 8.48. The molecular formula is C14H18F2INO2. The number of alkyl halides is 3. The fraction of sp³-hybridized carbons (Fsp3) is 0.500. The molecule has 0 aromatic heterocycles. The van der Waals surface area contributed by atoms with Gasteiger partial charge in [-0.3, -0.25) is 4.79 Å². The van der Waals surface area contributed by atoms with Crippen LogP contribution in [0.5, 0.6) is 5.75 Å². The van der Waals surface area contributed by atoms with Crippen LogP contribution in [0.1, 0.15) is 36.0 Å². The van der Waals surface area contributed by atoms with Crippen LogP contribution in [0.4, 0.5) is 8.78 Å². The van der Waals surface area contributed by atoms with Gasteiger partial charge in [-0.05, 0) is 35.5 Å². The lowest BCUT2D eigenvalue weighted by Gasteiger charge is -2.08. The largest absolute Gasteiger partial charge is 0.435 e. The van der Waals surface area contributed by atoms with E-state index in [0.717, 1.165) is 23.7 Å². The lowest BCUT2D eigenvalue weighted by molar-refractivity contribution is -0.0498. The van der Waals surface area contributed by atoms with Gasteiger partial charge in [-0.2, -0.15) is 8.78 Å². The van der Waals surface area contributed by atoms with Crippen molar-refractivity contribution < 1.29 is 18.3 Å². The summed E-state index contributed by atoms with van der Waals surface area (Å²) in [6.45, 7) is -2.29. The normalized spacial score (nSPS) is 10.6. The summed E-state index contributed by atoms with van der Waals surface area (Å²) in [5.74, 6) is -0.270. The minimum Gasteiger partial charge on any atom is -0.435 e. The van der Waals surface area contributed by atoms with Gasteiger partial charge in [0.25, 0.3) is 5.91 Å². The molecule has 0 bridgehead atoms. The van der Waals surface area contributed by atoms with E-state index in [-0.39, 0.29) is 11.7 Å². The molecule has 0 fully saturated rings. The summed E-state index contributed by atoms with van der Waals surface area (Å²) in [5.41, 5.74) is 0.329. The van der Waals surface area contributed by atoms with Gasteiger partial charge in [0.2, 0.25) is 0 Å². The number of hydrogen-bond donors (Lipinski definition) is 1. The quantitative estimate of drug-likeness (QED) is 0.389. The number of unbranched alkanes of at least 4 members (excludes halogenated alkanes) is 3. The molecule has 1 amide bonds. The van der Waals surface area contributed by atoms with Gasteiger partial charge in [0.05, 0.1) is 0 Å². The molecule has 0 saturated carbocycles. The molecule has 3 nitrogen and oxygen atoms in total. The van der Waals surface area contributed by atoms with Crippen molar-refractivity contribution in [3.05, 3.63) is 29.8 Å². The number of ether oxygens (including phenoxy) is 1. The summed E-state index contributed by atoms with van der Waals surface area (Å²) in [6, 6.07) is 5.81. The van der Waals surface area contributed by atoms with Crippen molar-refractivity contribution in [3.63, 3.8) is 0 Å². The highest BCUT2D eigenvalue weighted by Gasteiger charge is 2.08. The summed E-state index contributed by atoms with van der Waals surface area (Å²) >= 11 is 2.34. The Bertz CT molecular complexity index is 416. The summed E-state index contributed by atoms with van der Waals surface area (Å²) in [7, 11) is 0. The van der Waals surface area contributed by atoms with Crippen molar-refractivity contribution in [3.8, 4) is 5.75 Å². The van der Waals surface area contributed by atoms with Crippen molar-refractivity contribution in [2.24, 2.45) is 0 Å². The van der Waals surface area contributed by atoms with Gasteiger partial charge >= 0.3 is 6.61 Å². The molecule has 0 aliphatic heterocycles. The minimum absolute atomic E-state index is 0.00491. The van der Waals surface area contributed by atoms with Crippen LogP contribution in [0, 0.1) is 0 Å². The van der Waals surface area contributed by atoms with Crippen LogP contribution in [-0.4, -0.2) is 23.5 Å². The van der Waals surface area contributed by atoms with Crippen LogP contribution in [0.25, 0.3) is 0 Å². The fourth-order valence-corrected chi connectivity index (χ4v) is 2.23. The Hall–Kier alpha value is -0.920. The van der Waals surface area contributed by atoms with Crippen molar-refractivity contribution in [2.75, 3.05) is 11.0 Å². The predicted molar refractivity (Wildman–Crippen MR) is 82.8 cm³/mol. The standard InChI is InChI=1S/C14H18F2INO2/c15-14(16)20-12-7-5-6-11(10-12)13(19)18-9-4-2-1-3-8-17/h5-7,10,14H,1-4,8-9H2,(H,18,19). The van der Waals surface area contributed by atoms with Gasteiger partial charge < -0.3 is 10.1 Å². The molecule has 1 N–H and O–H groups in total. The number of amides is 1. The molecule has 1 rings (SSSR count). The Morgan fingerprint density at radius 1 is 1.25 bits per heavy atom. The van der Waals surface area contributed by atoms with E-state index < -0.39 is 6.61 Å². The van der Waals surface area contributed by atoms with Gasteiger partial charge in [0.15, 0.2) is 0 Å². The molecule has 0 aliphatic carbocycles. The molecule has 0 aliphatic rings. The minimum atomic E-state index is -2.88. The molecule has 6 heteroatoms. The first-order valence-electron chi connectivity index (χ1n) is 6.52. The Morgan fingerprint density at radius 2 is 2.00 bits per heavy atom. The summed E-state index contributed by atoms with van der Waals surface area (Å²) in [5, 5.41) is 2.77. The zero-order chi connectivity index (χ0) is 14.8. The number of nitrogens with one attached hydrogen (secondary N) is 1. The van der Waals surface area contributed by atoms with Crippen LogP contribution >= 0.6 is 22.6 Å². The second-order valence-corrected chi connectivity index (χ2v) is 5.34. The van der Waals surface area contributed by atoms with E-state index in [1.807, 2.05) is 0 Å². The molecule has 1 aromatic carbocycles. The number of carbonyl (C=O) groups excluding carboxylic acids is 1. The predicted octanol–water partition coefficient (Wildman–Crippen LogP) is 4.01. The van der Waals surface area contributed by atoms with Crippen molar-refractivity contribution in [1.29, 1.82) is 0 Å². The molecule has 0 heterocycles. The van der Waals surface area contributed by atoms with Crippen LogP contribution in [-0.2, 0) is 0 Å². The Labute approximate surface area is 131 Å². The first-order valence-corrected chi connectivity index (χ1v) is 8.05. The highest BCUT2D eigenvalue weighted by Crippen LogP contribution is 2.15. The second kappa shape index (κ2) is 9.90. The van der Waals surface area contributed by atoms with E-state index >= 15 is 0 Å². The highest BCUT2D eigenvalue weighted by molar-refractivity contribution is 14.1. The number of hydrogen-bond acceptors (Lipinski definition) is 2. The van der Waals surface area contributed by atoms with Gasteiger partial charge in [0, 0.05) is 12.1 Å². The van der Waals surface area contributed by atoms with Gasteiger partial charge in [-0.25, -0.2) is 0 Å². The lowest BCUT2D eigenvalue weighted by Crippen LogP contribution is -2.24. The highest BCUT2D eigenvalue weighted by atomic mass is 127. The summed E-state index contributed by atoms with van der Waals surface area (Å²) in [4.78, 5) is 11.8. The number of halogens is 3. The molecule has 20 heavy (non-hydrogen) atoms. The van der Waals surface area contributed by atoms with E-state index in [9.17, 15) is 13.6 Å². The Balaban J connectivity index is 2.35. The third-order valence-electron chi connectivity index (χ3n) is 2.67. The van der Waals surface area contributed by atoms with Gasteiger partial charge in [-0.15, -0.1) is 0 Å². The maximum Gasteiger partial charge on any atom is 0.387 e. The van der Waals surface area contributed by atoms with E-state index in [2.05, 4.69) is 32.6 Å². The smallest absolute Gasteiger partial charge is 0.387 e. The van der Waals surface area contributed by atoms with Crippen LogP contribution in [0.2, 0.25) is 0 Å². The van der Waals surface area contributed by atoms with Crippen molar-refractivity contribution in [1.82, 2.24) is 5.32 Å². The van der Waals surface area contributed by atoms with Crippen LogP contribution in [0.15, 0.2) is 24.3 Å². The molecule has 0 radical (unpaired) electrons. The number of benzene rings is 1. The van der Waals surface area contributed by atoms with Crippen molar-refractivity contribution >= 4 is 28.5 Å². The molecule has 112 valence electrons. The maximum absolute atomic E-state index is 12.1. The number of carbonyl (C=O) groups is 1. The zero-order valence-corrected chi connectivity index (χ0v) is 13.2. The molecular weight excluding hydrogens is 379 g/mol. The Morgan fingerprint density at radius 3 is 2.70 bits per heavy atom. The second-order valence-electron chi connectivity index (χ2n) is 4.27. The third-order valence-corrected chi connectivity index (χ3v) is 3.43. The third kappa shape index (κ3) is 7.02. The first kappa shape index (κ1) is 17.1. The summed E-state index contributed by atoms with van der Waals surface area (Å²) < 4.78 is 29.6. The average molecular weight is 397 g/mol. The maximum atomic E-state index is 12.1. The molecule has 0 saturated heterocycles. The zero-order valence-electron chi connectivity index (χ0n) is 11.1. The molecule has 1 aromatic rings. The average Bonchev–Trinajstić information content (AvgIpc) is 2.42. The molecule has 0 unspecified atom stereocenters. The molecule has 0 atom stereocenters. The van der Waals surface area contributed by atoms with Crippen LogP contribution in [0.3, 0.4) is 0 Å². The SMILES string of the molecule is O=C(NCCCCCCI)c1cccc(OC(F)F)c1. The van der Waals surface area contributed by atoms with Crippen molar-refractivity contribution in [2.45, 2.75) is 32.3 Å². The topological polar surface area (TPSA) is 38.3 Å². The van der Waals surface area contributed by atoms with E-state index in [0.29, 0.717) is 12.1 Å². The fourth-order valence-electron chi connectivity index (χ4n) is 1.69. The summed E-state index contributed by atoms with van der Waals surface area (Å²) in [6.07, 6.45) is 4.37.